The lowest BCUT2D eigenvalue weighted by molar-refractivity contribution is -0.129. The van der Waals surface area contributed by atoms with Crippen LogP contribution >= 0.6 is 11.3 Å². The summed E-state index contributed by atoms with van der Waals surface area (Å²) < 4.78 is 16.2. The lowest BCUT2D eigenvalue weighted by atomic mass is 10.2. The monoisotopic (exact) mass is 387 g/mol. The van der Waals surface area contributed by atoms with E-state index in [2.05, 4.69) is 9.98 Å². The highest BCUT2D eigenvalue weighted by Crippen LogP contribution is 2.33. The predicted octanol–water partition coefficient (Wildman–Crippen LogP) is 3.35. The SMILES string of the molecule is COc1nc(N(C)C)sc1/C=C1/N=C(c2ccc(OC(C)C)cc2)OC1=O. The van der Waals surface area contributed by atoms with E-state index in [-0.39, 0.29) is 17.7 Å². The van der Waals surface area contributed by atoms with E-state index in [0.29, 0.717) is 16.3 Å². The number of methoxy groups -OCH3 is 1. The quantitative estimate of drug-likeness (QED) is 0.559. The van der Waals surface area contributed by atoms with Crippen LogP contribution in [0.5, 0.6) is 11.6 Å². The number of hydrogen-bond donors (Lipinski definition) is 0. The number of ether oxygens (including phenoxy) is 3. The Morgan fingerprint density at radius 3 is 2.52 bits per heavy atom. The van der Waals surface area contributed by atoms with E-state index in [1.165, 1.54) is 11.3 Å². The first-order chi connectivity index (χ1) is 12.9. The zero-order valence-corrected chi connectivity index (χ0v) is 16.7. The molecule has 0 saturated heterocycles. The van der Waals surface area contributed by atoms with Gasteiger partial charge in [-0.05, 0) is 44.2 Å². The molecule has 0 spiro atoms. The average Bonchev–Trinajstić information content (AvgIpc) is 3.19. The topological polar surface area (TPSA) is 73.2 Å². The van der Waals surface area contributed by atoms with E-state index in [0.717, 1.165) is 10.9 Å². The summed E-state index contributed by atoms with van der Waals surface area (Å²) in [6, 6.07) is 7.26. The van der Waals surface area contributed by atoms with E-state index in [9.17, 15) is 4.79 Å². The Hall–Kier alpha value is -2.87. The zero-order valence-electron chi connectivity index (χ0n) is 15.8. The van der Waals surface area contributed by atoms with E-state index >= 15 is 0 Å². The number of thiazole rings is 1. The van der Waals surface area contributed by atoms with Crippen molar-refractivity contribution in [3.63, 3.8) is 0 Å². The Morgan fingerprint density at radius 1 is 1.22 bits per heavy atom. The van der Waals surface area contributed by atoms with Gasteiger partial charge in [-0.3, -0.25) is 0 Å². The number of nitrogens with zero attached hydrogens (tertiary/aromatic N) is 3. The molecule has 0 atom stereocenters. The van der Waals surface area contributed by atoms with Crippen LogP contribution in [0.3, 0.4) is 0 Å². The minimum Gasteiger partial charge on any atom is -0.491 e. The number of aliphatic imine (C=N–C) groups is 1. The standard InChI is InChI=1S/C19H21N3O4S/c1-11(2)25-13-8-6-12(7-9-13)16-20-14(18(23)26-16)10-15-17(24-5)21-19(27-15)22(3)4/h6-11H,1-5H3/b14-10+. The first kappa shape index (κ1) is 18.9. The fourth-order valence-electron chi connectivity index (χ4n) is 2.34. The molecule has 8 heteroatoms. The molecule has 1 aromatic carbocycles. The molecule has 0 saturated carbocycles. The number of aromatic nitrogens is 1. The number of carbonyl (C=O) groups excluding carboxylic acids is 1. The van der Waals surface area contributed by atoms with Crippen molar-refractivity contribution in [3.8, 4) is 11.6 Å². The summed E-state index contributed by atoms with van der Waals surface area (Å²) in [4.78, 5) is 23.5. The first-order valence-corrected chi connectivity index (χ1v) is 9.21. The molecule has 0 N–H and O–H groups in total. The van der Waals surface area contributed by atoms with E-state index in [1.54, 1.807) is 13.2 Å². The Labute approximate surface area is 161 Å². The summed E-state index contributed by atoms with van der Waals surface area (Å²) >= 11 is 1.41. The number of esters is 1. The lowest BCUT2D eigenvalue weighted by Crippen LogP contribution is -2.07. The maximum Gasteiger partial charge on any atom is 0.363 e. The first-order valence-electron chi connectivity index (χ1n) is 8.39. The van der Waals surface area contributed by atoms with Crippen LogP contribution in [0.25, 0.3) is 6.08 Å². The molecule has 0 aliphatic carbocycles. The molecule has 2 aromatic rings. The maximum atomic E-state index is 12.2. The zero-order chi connectivity index (χ0) is 19.6. The molecule has 7 nitrogen and oxygen atoms in total. The molecule has 1 aliphatic heterocycles. The van der Waals surface area contributed by atoms with Crippen molar-refractivity contribution in [2.75, 3.05) is 26.1 Å². The summed E-state index contributed by atoms with van der Waals surface area (Å²) in [5, 5.41) is 0.773. The Morgan fingerprint density at radius 2 is 1.93 bits per heavy atom. The van der Waals surface area contributed by atoms with Crippen molar-refractivity contribution in [2.45, 2.75) is 20.0 Å². The fraction of sp³-hybridized carbons (Fsp3) is 0.316. The Kier molecular flexibility index (Phi) is 5.46. The second-order valence-electron chi connectivity index (χ2n) is 6.29. The van der Waals surface area contributed by atoms with Gasteiger partial charge in [0.15, 0.2) is 10.8 Å². The van der Waals surface area contributed by atoms with Gasteiger partial charge in [-0.2, -0.15) is 4.98 Å². The molecule has 0 unspecified atom stereocenters. The lowest BCUT2D eigenvalue weighted by Gasteiger charge is -2.09. The maximum absolute atomic E-state index is 12.2. The van der Waals surface area contributed by atoms with Crippen molar-refractivity contribution < 1.29 is 19.0 Å². The Balaban J connectivity index is 1.87. The molecule has 0 fully saturated rings. The summed E-state index contributed by atoms with van der Waals surface area (Å²) in [6.45, 7) is 3.92. The average molecular weight is 387 g/mol. The molecule has 1 aliphatic rings. The molecule has 3 rings (SSSR count). The molecule has 2 heterocycles. The molecule has 0 amide bonds. The van der Waals surface area contributed by atoms with E-state index in [4.69, 9.17) is 14.2 Å². The number of benzene rings is 1. The van der Waals surface area contributed by atoms with Crippen molar-refractivity contribution >= 4 is 34.4 Å². The molecule has 0 radical (unpaired) electrons. The van der Waals surface area contributed by atoms with Gasteiger partial charge in [0.05, 0.1) is 18.1 Å². The van der Waals surface area contributed by atoms with Gasteiger partial charge in [-0.1, -0.05) is 11.3 Å². The number of carbonyl (C=O) groups is 1. The summed E-state index contributed by atoms with van der Waals surface area (Å²) in [7, 11) is 5.32. The third-order valence-electron chi connectivity index (χ3n) is 3.55. The summed E-state index contributed by atoms with van der Waals surface area (Å²) in [5.41, 5.74) is 0.910. The number of anilines is 1. The molecule has 27 heavy (non-hydrogen) atoms. The van der Waals surface area contributed by atoms with Crippen LogP contribution in [0.15, 0.2) is 35.0 Å². The molecule has 0 bridgehead atoms. The van der Waals surface area contributed by atoms with Gasteiger partial charge < -0.3 is 19.1 Å². The predicted molar refractivity (Wildman–Crippen MR) is 106 cm³/mol. The summed E-state index contributed by atoms with van der Waals surface area (Å²) in [5.74, 6) is 0.955. The van der Waals surface area contributed by atoms with E-state index in [1.807, 2.05) is 57.1 Å². The van der Waals surface area contributed by atoms with Crippen LogP contribution < -0.4 is 14.4 Å². The van der Waals surface area contributed by atoms with E-state index < -0.39 is 5.97 Å². The number of rotatable bonds is 6. The van der Waals surface area contributed by atoms with Crippen LogP contribution in [0, 0.1) is 0 Å². The largest absolute Gasteiger partial charge is 0.491 e. The fourth-order valence-corrected chi connectivity index (χ4v) is 3.24. The number of hydrogen-bond acceptors (Lipinski definition) is 8. The second-order valence-corrected chi connectivity index (χ2v) is 7.30. The third-order valence-corrected chi connectivity index (χ3v) is 4.70. The highest BCUT2D eigenvalue weighted by Gasteiger charge is 2.25. The smallest absolute Gasteiger partial charge is 0.363 e. The van der Waals surface area contributed by atoms with Crippen LogP contribution in [0.4, 0.5) is 5.13 Å². The van der Waals surface area contributed by atoms with Gasteiger partial charge in [-0.15, -0.1) is 0 Å². The number of cyclic esters (lactones) is 1. The van der Waals surface area contributed by atoms with Crippen LogP contribution in [-0.4, -0.2) is 44.2 Å². The van der Waals surface area contributed by atoms with Crippen LogP contribution in [0.2, 0.25) is 0 Å². The Bertz CT molecular complexity index is 898. The van der Waals surface area contributed by atoms with Gasteiger partial charge in [0.2, 0.25) is 11.8 Å². The van der Waals surface area contributed by atoms with Gasteiger partial charge in [0.1, 0.15) is 5.75 Å². The highest BCUT2D eigenvalue weighted by atomic mass is 32.1. The van der Waals surface area contributed by atoms with Gasteiger partial charge >= 0.3 is 5.97 Å². The van der Waals surface area contributed by atoms with Crippen molar-refractivity contribution in [1.82, 2.24) is 4.98 Å². The van der Waals surface area contributed by atoms with Crippen LogP contribution in [0.1, 0.15) is 24.3 Å². The minimum absolute atomic E-state index is 0.0912. The highest BCUT2D eigenvalue weighted by molar-refractivity contribution is 7.16. The molecule has 1 aromatic heterocycles. The second kappa shape index (κ2) is 7.79. The summed E-state index contributed by atoms with van der Waals surface area (Å²) in [6.07, 6.45) is 1.73. The normalized spacial score (nSPS) is 15.1. The molecular weight excluding hydrogens is 366 g/mol. The third kappa shape index (κ3) is 4.28. The van der Waals surface area contributed by atoms with Gasteiger partial charge in [0, 0.05) is 19.7 Å². The van der Waals surface area contributed by atoms with Crippen molar-refractivity contribution in [3.05, 3.63) is 40.4 Å². The molecular formula is C19H21N3O4S. The van der Waals surface area contributed by atoms with Crippen LogP contribution in [-0.2, 0) is 9.53 Å². The van der Waals surface area contributed by atoms with Gasteiger partial charge in [0.25, 0.3) is 0 Å². The van der Waals surface area contributed by atoms with Crippen molar-refractivity contribution in [2.24, 2.45) is 4.99 Å². The minimum atomic E-state index is -0.505. The molecule has 142 valence electrons. The van der Waals surface area contributed by atoms with Gasteiger partial charge in [-0.25, -0.2) is 9.79 Å². The van der Waals surface area contributed by atoms with Crippen molar-refractivity contribution in [1.29, 1.82) is 0 Å².